The summed E-state index contributed by atoms with van der Waals surface area (Å²) in [6.45, 7) is 7.43. The van der Waals surface area contributed by atoms with Crippen molar-refractivity contribution in [1.82, 2.24) is 10.2 Å². The second-order valence-corrected chi connectivity index (χ2v) is 7.94. The number of halogens is 1. The molecule has 1 fully saturated rings. The van der Waals surface area contributed by atoms with E-state index < -0.39 is 0 Å². The third-order valence-electron chi connectivity index (χ3n) is 5.17. The van der Waals surface area contributed by atoms with Crippen LogP contribution in [0, 0.1) is 0 Å². The van der Waals surface area contributed by atoms with E-state index in [2.05, 4.69) is 42.3 Å². The maximum Gasteiger partial charge on any atom is 0.221 e. The Bertz CT molecular complexity index is 621. The van der Waals surface area contributed by atoms with Crippen molar-refractivity contribution in [2.45, 2.75) is 64.1 Å². The zero-order valence-electron chi connectivity index (χ0n) is 15.9. The molecule has 3 N–H and O–H groups in total. The Morgan fingerprint density at radius 1 is 1.38 bits per heavy atom. The van der Waals surface area contributed by atoms with Crippen molar-refractivity contribution in [2.75, 3.05) is 19.6 Å². The van der Waals surface area contributed by atoms with Crippen molar-refractivity contribution >= 4 is 18.3 Å². The Balaban J connectivity index is 0.00000243. The summed E-state index contributed by atoms with van der Waals surface area (Å²) in [5.41, 5.74) is 8.00. The lowest BCUT2D eigenvalue weighted by atomic mass is 9.98. The molecule has 1 unspecified atom stereocenters. The molecule has 3 rings (SSSR count). The van der Waals surface area contributed by atoms with Gasteiger partial charge in [0.1, 0.15) is 11.4 Å². The molecule has 2 aliphatic heterocycles. The summed E-state index contributed by atoms with van der Waals surface area (Å²) < 4.78 is 5.98. The summed E-state index contributed by atoms with van der Waals surface area (Å²) in [6, 6.07) is 7.00. The van der Waals surface area contributed by atoms with Crippen LogP contribution in [0.3, 0.4) is 0 Å². The molecular formula is C20H32ClN3O2. The molecule has 0 aliphatic carbocycles. The van der Waals surface area contributed by atoms with Crippen LogP contribution in [0.5, 0.6) is 5.75 Å². The molecule has 6 heteroatoms. The number of hydrogen-bond acceptors (Lipinski definition) is 4. The lowest BCUT2D eigenvalue weighted by Crippen LogP contribution is -2.46. The van der Waals surface area contributed by atoms with E-state index in [1.54, 1.807) is 0 Å². The van der Waals surface area contributed by atoms with Crippen molar-refractivity contribution in [3.8, 4) is 5.75 Å². The molecule has 0 saturated carbocycles. The fourth-order valence-electron chi connectivity index (χ4n) is 3.95. The van der Waals surface area contributed by atoms with Crippen LogP contribution in [0.4, 0.5) is 0 Å². The number of hydrogen-bond donors (Lipinski definition) is 2. The average Bonchev–Trinajstić information content (AvgIpc) is 2.87. The highest BCUT2D eigenvalue weighted by atomic mass is 35.5. The van der Waals surface area contributed by atoms with E-state index in [4.69, 9.17) is 10.5 Å². The molecule has 2 heterocycles. The zero-order chi connectivity index (χ0) is 17.9. The van der Waals surface area contributed by atoms with Crippen molar-refractivity contribution in [3.63, 3.8) is 0 Å². The van der Waals surface area contributed by atoms with Crippen LogP contribution in [0.2, 0.25) is 0 Å². The van der Waals surface area contributed by atoms with Gasteiger partial charge in [0.15, 0.2) is 0 Å². The minimum atomic E-state index is -0.0953. The number of amides is 1. The van der Waals surface area contributed by atoms with E-state index in [0.29, 0.717) is 19.0 Å². The quantitative estimate of drug-likeness (QED) is 0.794. The normalized spacial score (nSPS) is 21.4. The van der Waals surface area contributed by atoms with Crippen molar-refractivity contribution < 1.29 is 9.53 Å². The fourth-order valence-corrected chi connectivity index (χ4v) is 3.95. The maximum atomic E-state index is 11.7. The monoisotopic (exact) mass is 381 g/mol. The topological polar surface area (TPSA) is 67.6 Å². The van der Waals surface area contributed by atoms with E-state index >= 15 is 0 Å². The summed E-state index contributed by atoms with van der Waals surface area (Å²) in [6.07, 6.45) is 4.99. The molecule has 0 bridgehead atoms. The summed E-state index contributed by atoms with van der Waals surface area (Å²) in [4.78, 5) is 14.2. The molecule has 26 heavy (non-hydrogen) atoms. The van der Waals surface area contributed by atoms with Gasteiger partial charge in [0.05, 0.1) is 0 Å². The molecule has 1 amide bonds. The molecule has 0 radical (unpaired) electrons. The number of nitrogens with zero attached hydrogens (tertiary/aromatic N) is 1. The fraction of sp³-hybridized carbons (Fsp3) is 0.650. The van der Waals surface area contributed by atoms with Gasteiger partial charge in [-0.1, -0.05) is 18.6 Å². The van der Waals surface area contributed by atoms with Gasteiger partial charge < -0.3 is 15.8 Å². The SMILES string of the molecule is CC1(C)Cc2cc(CN3CCCCC3CNC(=O)CCN)ccc2O1.Cl. The molecular weight excluding hydrogens is 350 g/mol. The van der Waals surface area contributed by atoms with E-state index in [1.165, 1.54) is 24.0 Å². The van der Waals surface area contributed by atoms with E-state index in [0.717, 1.165) is 38.2 Å². The van der Waals surface area contributed by atoms with Gasteiger partial charge in [-0.25, -0.2) is 0 Å². The molecule has 146 valence electrons. The van der Waals surface area contributed by atoms with E-state index in [-0.39, 0.29) is 23.9 Å². The largest absolute Gasteiger partial charge is 0.487 e. The standard InChI is InChI=1S/C20H31N3O2.ClH/c1-20(2)12-16-11-15(6-7-18(16)25-20)14-23-10-4-3-5-17(23)13-22-19(24)8-9-21;/h6-7,11,17H,3-5,8-10,12-14,21H2,1-2H3,(H,22,24);1H. The second-order valence-electron chi connectivity index (χ2n) is 7.94. The third kappa shape index (κ3) is 5.35. The van der Waals surface area contributed by atoms with Gasteiger partial charge in [-0.15, -0.1) is 12.4 Å². The summed E-state index contributed by atoms with van der Waals surface area (Å²) in [7, 11) is 0. The summed E-state index contributed by atoms with van der Waals surface area (Å²) >= 11 is 0. The Kier molecular flexibility index (Phi) is 7.33. The van der Waals surface area contributed by atoms with Crippen LogP contribution in [0.1, 0.15) is 50.7 Å². The molecule has 5 nitrogen and oxygen atoms in total. The molecule has 1 aromatic rings. The molecule has 2 aliphatic rings. The molecule has 1 saturated heterocycles. The number of nitrogens with one attached hydrogen (secondary N) is 1. The number of likely N-dealkylation sites (tertiary alicyclic amines) is 1. The molecule has 1 atom stereocenters. The highest BCUT2D eigenvalue weighted by molar-refractivity contribution is 5.85. The van der Waals surface area contributed by atoms with Crippen LogP contribution in [-0.2, 0) is 17.8 Å². The Morgan fingerprint density at radius 2 is 2.19 bits per heavy atom. The molecule has 0 aromatic heterocycles. The first kappa shape index (κ1) is 21.0. The van der Waals surface area contributed by atoms with Crippen LogP contribution < -0.4 is 15.8 Å². The van der Waals surface area contributed by atoms with Crippen LogP contribution in [0.15, 0.2) is 18.2 Å². The Hall–Kier alpha value is -1.30. The lowest BCUT2D eigenvalue weighted by Gasteiger charge is -2.36. The number of carbonyl (C=O) groups is 1. The summed E-state index contributed by atoms with van der Waals surface area (Å²) in [5, 5.41) is 3.04. The first-order valence-corrected chi connectivity index (χ1v) is 9.48. The predicted molar refractivity (Wildman–Crippen MR) is 107 cm³/mol. The Morgan fingerprint density at radius 3 is 2.96 bits per heavy atom. The minimum Gasteiger partial charge on any atom is -0.487 e. The van der Waals surface area contributed by atoms with Crippen molar-refractivity contribution in [1.29, 1.82) is 0 Å². The molecule has 0 spiro atoms. The second kappa shape index (κ2) is 9.07. The third-order valence-corrected chi connectivity index (χ3v) is 5.17. The van der Waals surface area contributed by atoms with Crippen molar-refractivity contribution in [3.05, 3.63) is 29.3 Å². The number of carbonyl (C=O) groups excluding carboxylic acids is 1. The number of ether oxygens (including phenoxy) is 1. The van der Waals surface area contributed by atoms with E-state index in [1.807, 2.05) is 0 Å². The number of benzene rings is 1. The number of nitrogens with two attached hydrogens (primary N) is 1. The first-order valence-electron chi connectivity index (χ1n) is 9.48. The van der Waals surface area contributed by atoms with Crippen LogP contribution in [0.25, 0.3) is 0 Å². The zero-order valence-corrected chi connectivity index (χ0v) is 16.7. The minimum absolute atomic E-state index is 0. The highest BCUT2D eigenvalue weighted by Crippen LogP contribution is 2.35. The van der Waals surface area contributed by atoms with Gasteiger partial charge in [0, 0.05) is 38.5 Å². The number of piperidine rings is 1. The van der Waals surface area contributed by atoms with Gasteiger partial charge in [0.2, 0.25) is 5.91 Å². The van der Waals surface area contributed by atoms with Crippen molar-refractivity contribution in [2.24, 2.45) is 5.73 Å². The van der Waals surface area contributed by atoms with Gasteiger partial charge in [-0.2, -0.15) is 0 Å². The van der Waals surface area contributed by atoms with Crippen LogP contribution >= 0.6 is 12.4 Å². The smallest absolute Gasteiger partial charge is 0.221 e. The predicted octanol–water partition coefficient (Wildman–Crippen LogP) is 2.64. The first-order chi connectivity index (χ1) is 12.0. The maximum absolute atomic E-state index is 11.7. The van der Waals surface area contributed by atoms with E-state index in [9.17, 15) is 4.79 Å². The van der Waals surface area contributed by atoms with Gasteiger partial charge in [0.25, 0.3) is 0 Å². The summed E-state index contributed by atoms with van der Waals surface area (Å²) in [5.74, 6) is 1.09. The lowest BCUT2D eigenvalue weighted by molar-refractivity contribution is -0.121. The highest BCUT2D eigenvalue weighted by Gasteiger charge is 2.30. The van der Waals surface area contributed by atoms with Crippen LogP contribution in [-0.4, -0.2) is 42.1 Å². The average molecular weight is 382 g/mol. The van der Waals surface area contributed by atoms with Gasteiger partial charge in [-0.05, 0) is 50.4 Å². The molecule has 1 aromatic carbocycles. The van der Waals surface area contributed by atoms with Gasteiger partial charge >= 0.3 is 0 Å². The van der Waals surface area contributed by atoms with Gasteiger partial charge in [-0.3, -0.25) is 9.69 Å². The Labute approximate surface area is 163 Å². The number of fused-ring (bicyclic) bond motifs is 1. The number of rotatable bonds is 6.